The Kier molecular flexibility index (Phi) is 10.9. The smallest absolute Gasteiger partial charge is 0.193 e. The summed E-state index contributed by atoms with van der Waals surface area (Å²) in [7, 11) is 0. The summed E-state index contributed by atoms with van der Waals surface area (Å²) in [5.74, 6) is 1.63. The van der Waals surface area contributed by atoms with Gasteiger partial charge in [0.15, 0.2) is 5.78 Å². The maximum atomic E-state index is 12.9. The van der Waals surface area contributed by atoms with Crippen LogP contribution in [0.15, 0.2) is 48.5 Å². The van der Waals surface area contributed by atoms with Gasteiger partial charge in [0.2, 0.25) is 0 Å². The molecule has 0 radical (unpaired) electrons. The molecule has 0 heterocycles. The first-order valence-corrected chi connectivity index (χ1v) is 12.3. The van der Waals surface area contributed by atoms with Gasteiger partial charge in [-0.05, 0) is 35.8 Å². The first-order chi connectivity index (χ1) is 14.6. The number of hydrogen-bond acceptors (Lipinski definition) is 1. The minimum atomic E-state index is 0.129. The van der Waals surface area contributed by atoms with E-state index in [9.17, 15) is 4.79 Å². The zero-order valence-corrected chi connectivity index (χ0v) is 19.8. The van der Waals surface area contributed by atoms with Crippen LogP contribution in [0.5, 0.6) is 0 Å². The number of hydrogen-bond donors (Lipinski definition) is 0. The van der Waals surface area contributed by atoms with Gasteiger partial charge < -0.3 is 0 Å². The van der Waals surface area contributed by atoms with E-state index in [0.29, 0.717) is 0 Å². The van der Waals surface area contributed by atoms with Crippen molar-refractivity contribution < 1.29 is 4.79 Å². The van der Waals surface area contributed by atoms with Crippen molar-refractivity contribution in [3.8, 4) is 0 Å². The standard InChI is InChI=1S/C29H42O/c1-5-9-11-23(7-3)21-25-13-17-27(18-14-25)29(30)28-19-15-26(16-20-28)22-24(8-4)12-10-6-2/h13-20,23-24H,5-12,21-22H2,1-4H3. The number of benzene rings is 2. The molecule has 0 saturated heterocycles. The van der Waals surface area contributed by atoms with Crippen molar-refractivity contribution in [3.05, 3.63) is 70.8 Å². The molecule has 0 N–H and O–H groups in total. The third-order valence-corrected chi connectivity index (χ3v) is 6.57. The molecule has 0 saturated carbocycles. The highest BCUT2D eigenvalue weighted by Gasteiger charge is 2.12. The van der Waals surface area contributed by atoms with E-state index >= 15 is 0 Å². The van der Waals surface area contributed by atoms with Gasteiger partial charge in [0.1, 0.15) is 0 Å². The fourth-order valence-electron chi connectivity index (χ4n) is 4.30. The number of carbonyl (C=O) groups is 1. The minimum Gasteiger partial charge on any atom is -0.289 e. The lowest BCUT2D eigenvalue weighted by Crippen LogP contribution is -2.06. The Morgan fingerprint density at radius 3 is 1.30 bits per heavy atom. The molecule has 0 aliphatic heterocycles. The van der Waals surface area contributed by atoms with Gasteiger partial charge in [-0.15, -0.1) is 0 Å². The molecule has 0 amide bonds. The lowest BCUT2D eigenvalue weighted by atomic mass is 9.90. The van der Waals surface area contributed by atoms with Crippen LogP contribution in [0.4, 0.5) is 0 Å². The number of ketones is 1. The van der Waals surface area contributed by atoms with Crippen molar-refractivity contribution in [3.63, 3.8) is 0 Å². The third kappa shape index (κ3) is 7.74. The maximum absolute atomic E-state index is 12.9. The van der Waals surface area contributed by atoms with E-state index in [4.69, 9.17) is 0 Å². The molecule has 164 valence electrons. The summed E-state index contributed by atoms with van der Waals surface area (Å²) < 4.78 is 0. The molecule has 1 nitrogen and oxygen atoms in total. The summed E-state index contributed by atoms with van der Waals surface area (Å²) in [4.78, 5) is 12.9. The normalized spacial score (nSPS) is 13.2. The Morgan fingerprint density at radius 1 is 0.633 bits per heavy atom. The lowest BCUT2D eigenvalue weighted by molar-refractivity contribution is 0.103. The Morgan fingerprint density at radius 2 is 1.00 bits per heavy atom. The van der Waals surface area contributed by atoms with Gasteiger partial charge in [-0.3, -0.25) is 4.79 Å². The largest absolute Gasteiger partial charge is 0.289 e. The second kappa shape index (κ2) is 13.4. The topological polar surface area (TPSA) is 17.1 Å². The molecule has 0 aromatic heterocycles. The van der Waals surface area contributed by atoms with Crippen LogP contribution in [-0.2, 0) is 12.8 Å². The van der Waals surface area contributed by atoms with Gasteiger partial charge in [0.05, 0.1) is 0 Å². The molecule has 0 fully saturated rings. The minimum absolute atomic E-state index is 0.129. The summed E-state index contributed by atoms with van der Waals surface area (Å²) in [5, 5.41) is 0. The van der Waals surface area contributed by atoms with Crippen molar-refractivity contribution in [1.82, 2.24) is 0 Å². The van der Waals surface area contributed by atoms with Crippen LogP contribution >= 0.6 is 0 Å². The molecule has 0 spiro atoms. The third-order valence-electron chi connectivity index (χ3n) is 6.57. The summed E-state index contributed by atoms with van der Waals surface area (Å²) in [6.45, 7) is 9.09. The van der Waals surface area contributed by atoms with Crippen LogP contribution in [-0.4, -0.2) is 5.78 Å². The molecule has 0 bridgehead atoms. The van der Waals surface area contributed by atoms with E-state index in [0.717, 1.165) is 35.8 Å². The molecule has 0 aliphatic carbocycles. The van der Waals surface area contributed by atoms with Crippen molar-refractivity contribution >= 4 is 5.78 Å². The maximum Gasteiger partial charge on any atom is 0.193 e. The predicted molar refractivity (Wildman–Crippen MR) is 130 cm³/mol. The van der Waals surface area contributed by atoms with E-state index in [-0.39, 0.29) is 5.78 Å². The Hall–Kier alpha value is -1.89. The highest BCUT2D eigenvalue weighted by atomic mass is 16.1. The van der Waals surface area contributed by atoms with Crippen LogP contribution in [0, 0.1) is 11.8 Å². The molecule has 2 aromatic carbocycles. The molecular weight excluding hydrogens is 364 g/mol. The second-order valence-electron chi connectivity index (χ2n) is 8.96. The number of rotatable bonds is 14. The quantitative estimate of drug-likeness (QED) is 0.288. The first kappa shape index (κ1) is 24.4. The Balaban J connectivity index is 1.97. The Labute approximate surface area is 185 Å². The molecule has 0 aliphatic rings. The lowest BCUT2D eigenvalue weighted by Gasteiger charge is -2.15. The zero-order chi connectivity index (χ0) is 21.8. The summed E-state index contributed by atoms with van der Waals surface area (Å²) in [5.41, 5.74) is 4.29. The molecular formula is C29H42O. The van der Waals surface area contributed by atoms with Gasteiger partial charge >= 0.3 is 0 Å². The summed E-state index contributed by atoms with van der Waals surface area (Å²) in [6.07, 6.45) is 12.4. The van der Waals surface area contributed by atoms with Gasteiger partial charge in [-0.2, -0.15) is 0 Å². The summed E-state index contributed by atoms with van der Waals surface area (Å²) >= 11 is 0. The summed E-state index contributed by atoms with van der Waals surface area (Å²) in [6, 6.07) is 16.6. The zero-order valence-electron chi connectivity index (χ0n) is 19.8. The van der Waals surface area contributed by atoms with Gasteiger partial charge in [-0.1, -0.05) is 128 Å². The monoisotopic (exact) mass is 406 g/mol. The van der Waals surface area contributed by atoms with E-state index in [2.05, 4.69) is 52.0 Å². The highest BCUT2D eigenvalue weighted by Crippen LogP contribution is 2.21. The van der Waals surface area contributed by atoms with Crippen LogP contribution in [0.2, 0.25) is 0 Å². The fourth-order valence-corrected chi connectivity index (χ4v) is 4.30. The number of unbranched alkanes of at least 4 members (excludes halogenated alkanes) is 2. The molecule has 2 unspecified atom stereocenters. The van der Waals surface area contributed by atoms with Gasteiger partial charge in [-0.25, -0.2) is 0 Å². The van der Waals surface area contributed by atoms with Crippen molar-refractivity contribution in [2.24, 2.45) is 11.8 Å². The van der Waals surface area contributed by atoms with Crippen molar-refractivity contribution in [2.75, 3.05) is 0 Å². The van der Waals surface area contributed by atoms with Crippen LogP contribution in [0.1, 0.15) is 106 Å². The Bertz CT molecular complexity index is 662. The van der Waals surface area contributed by atoms with Crippen LogP contribution in [0.25, 0.3) is 0 Å². The fraction of sp³-hybridized carbons (Fsp3) is 0.552. The van der Waals surface area contributed by atoms with Crippen LogP contribution < -0.4 is 0 Å². The van der Waals surface area contributed by atoms with Crippen molar-refractivity contribution in [2.45, 2.75) is 91.9 Å². The first-order valence-electron chi connectivity index (χ1n) is 12.3. The molecule has 2 rings (SSSR count). The average Bonchev–Trinajstić information content (AvgIpc) is 2.79. The van der Waals surface area contributed by atoms with E-state index < -0.39 is 0 Å². The molecule has 1 heteroatoms. The van der Waals surface area contributed by atoms with Gasteiger partial charge in [0, 0.05) is 11.1 Å². The highest BCUT2D eigenvalue weighted by molar-refractivity contribution is 6.08. The van der Waals surface area contributed by atoms with E-state index in [1.165, 1.54) is 62.5 Å². The molecule has 2 aromatic rings. The van der Waals surface area contributed by atoms with Crippen LogP contribution in [0.3, 0.4) is 0 Å². The van der Waals surface area contributed by atoms with Gasteiger partial charge in [0.25, 0.3) is 0 Å². The van der Waals surface area contributed by atoms with E-state index in [1.807, 2.05) is 24.3 Å². The van der Waals surface area contributed by atoms with Crippen molar-refractivity contribution in [1.29, 1.82) is 0 Å². The average molecular weight is 407 g/mol. The second-order valence-corrected chi connectivity index (χ2v) is 8.96. The number of carbonyl (C=O) groups excluding carboxylic acids is 1. The molecule has 30 heavy (non-hydrogen) atoms. The predicted octanol–water partition coefficient (Wildman–Crippen LogP) is 8.44. The SMILES string of the molecule is CCCCC(CC)Cc1ccc(C(=O)c2ccc(CC(CC)CCCC)cc2)cc1. The molecule has 2 atom stereocenters. The van der Waals surface area contributed by atoms with E-state index in [1.54, 1.807) is 0 Å².